The van der Waals surface area contributed by atoms with E-state index in [9.17, 15) is 0 Å². The van der Waals surface area contributed by atoms with E-state index in [-0.39, 0.29) is 0 Å². The molecule has 3 rings (SSSR count). The van der Waals surface area contributed by atoms with Crippen LogP contribution in [0.4, 0.5) is 0 Å². The Bertz CT molecular complexity index is 570. The number of benzene rings is 1. The highest BCUT2D eigenvalue weighted by molar-refractivity contribution is 6.30. The summed E-state index contributed by atoms with van der Waals surface area (Å²) >= 11 is 5.93. The van der Waals surface area contributed by atoms with Gasteiger partial charge in [-0.3, -0.25) is 4.90 Å². The van der Waals surface area contributed by atoms with Crippen molar-refractivity contribution in [3.63, 3.8) is 0 Å². The standard InChI is InChI=1S/C16H21ClN4/c1-20-12-18-19-16(20)10-13-6-8-21(9-7-13)11-14-2-4-15(17)5-3-14/h2-5,12-13H,6-11H2,1H3. The molecule has 1 aromatic heterocycles. The molecule has 1 aromatic carbocycles. The van der Waals surface area contributed by atoms with Crippen LogP contribution in [0.2, 0.25) is 5.02 Å². The molecule has 0 atom stereocenters. The van der Waals surface area contributed by atoms with Gasteiger partial charge in [-0.25, -0.2) is 0 Å². The first-order valence-corrected chi connectivity index (χ1v) is 7.88. The SMILES string of the molecule is Cn1cnnc1CC1CCN(Cc2ccc(Cl)cc2)CC1. The third-order valence-electron chi connectivity index (χ3n) is 4.30. The molecule has 0 unspecified atom stereocenters. The van der Waals surface area contributed by atoms with Crippen molar-refractivity contribution in [1.82, 2.24) is 19.7 Å². The normalized spacial score (nSPS) is 17.2. The summed E-state index contributed by atoms with van der Waals surface area (Å²) < 4.78 is 2.03. The lowest BCUT2D eigenvalue weighted by molar-refractivity contribution is 0.175. The van der Waals surface area contributed by atoms with Crippen molar-refractivity contribution in [3.05, 3.63) is 47.0 Å². The molecule has 0 aliphatic carbocycles. The maximum absolute atomic E-state index is 5.93. The highest BCUT2D eigenvalue weighted by Gasteiger charge is 2.20. The van der Waals surface area contributed by atoms with Gasteiger partial charge in [0.05, 0.1) is 0 Å². The summed E-state index contributed by atoms with van der Waals surface area (Å²) in [6, 6.07) is 8.18. The van der Waals surface area contributed by atoms with Crippen molar-refractivity contribution < 1.29 is 0 Å². The van der Waals surface area contributed by atoms with Gasteiger partial charge in [-0.2, -0.15) is 0 Å². The molecule has 4 nitrogen and oxygen atoms in total. The number of rotatable bonds is 4. The van der Waals surface area contributed by atoms with Gasteiger partial charge in [0.1, 0.15) is 12.2 Å². The maximum Gasteiger partial charge on any atom is 0.132 e. The number of hydrogen-bond donors (Lipinski definition) is 0. The Morgan fingerprint density at radius 3 is 2.52 bits per heavy atom. The van der Waals surface area contributed by atoms with Crippen LogP contribution in [-0.4, -0.2) is 32.8 Å². The van der Waals surface area contributed by atoms with Gasteiger partial charge in [0, 0.05) is 25.0 Å². The minimum atomic E-state index is 0.731. The van der Waals surface area contributed by atoms with E-state index >= 15 is 0 Å². The van der Waals surface area contributed by atoms with Crippen molar-refractivity contribution in [2.45, 2.75) is 25.8 Å². The van der Waals surface area contributed by atoms with Gasteiger partial charge in [-0.1, -0.05) is 23.7 Å². The van der Waals surface area contributed by atoms with E-state index in [1.165, 1.54) is 18.4 Å². The molecule has 0 radical (unpaired) electrons. The van der Waals surface area contributed by atoms with Crippen molar-refractivity contribution >= 4 is 11.6 Å². The fourth-order valence-corrected chi connectivity index (χ4v) is 3.07. The van der Waals surface area contributed by atoms with Crippen LogP contribution in [0.3, 0.4) is 0 Å². The van der Waals surface area contributed by atoms with Crippen molar-refractivity contribution in [2.24, 2.45) is 13.0 Å². The second-order valence-corrected chi connectivity index (χ2v) is 6.34. The zero-order valence-corrected chi connectivity index (χ0v) is 13.1. The second-order valence-electron chi connectivity index (χ2n) is 5.91. The Kier molecular flexibility index (Phi) is 4.56. The average molecular weight is 305 g/mol. The molecule has 1 aliphatic rings. The lowest BCUT2D eigenvalue weighted by Gasteiger charge is -2.31. The third-order valence-corrected chi connectivity index (χ3v) is 4.55. The number of piperidine rings is 1. The molecule has 2 aromatic rings. The minimum absolute atomic E-state index is 0.731. The summed E-state index contributed by atoms with van der Waals surface area (Å²) in [5, 5.41) is 8.96. The summed E-state index contributed by atoms with van der Waals surface area (Å²) in [5.74, 6) is 1.83. The van der Waals surface area contributed by atoms with Gasteiger partial charge in [0.25, 0.3) is 0 Å². The van der Waals surface area contributed by atoms with Crippen LogP contribution in [-0.2, 0) is 20.0 Å². The monoisotopic (exact) mass is 304 g/mol. The van der Waals surface area contributed by atoms with Crippen LogP contribution in [0.5, 0.6) is 0 Å². The molecule has 0 bridgehead atoms. The Morgan fingerprint density at radius 2 is 1.90 bits per heavy atom. The molecule has 112 valence electrons. The number of nitrogens with zero attached hydrogens (tertiary/aromatic N) is 4. The van der Waals surface area contributed by atoms with E-state index in [2.05, 4.69) is 27.2 Å². The molecule has 5 heteroatoms. The number of halogens is 1. The van der Waals surface area contributed by atoms with E-state index < -0.39 is 0 Å². The maximum atomic E-state index is 5.93. The molecule has 2 heterocycles. The van der Waals surface area contributed by atoms with Crippen LogP contribution >= 0.6 is 11.6 Å². The third kappa shape index (κ3) is 3.83. The zero-order valence-electron chi connectivity index (χ0n) is 12.4. The summed E-state index contributed by atoms with van der Waals surface area (Å²) in [6.45, 7) is 3.34. The van der Waals surface area contributed by atoms with Crippen LogP contribution in [0, 0.1) is 5.92 Å². The average Bonchev–Trinajstić information content (AvgIpc) is 2.89. The second kappa shape index (κ2) is 6.58. The highest BCUT2D eigenvalue weighted by atomic mass is 35.5. The lowest BCUT2D eigenvalue weighted by atomic mass is 9.93. The molecular weight excluding hydrogens is 284 g/mol. The molecule has 21 heavy (non-hydrogen) atoms. The van der Waals surface area contributed by atoms with Gasteiger partial charge < -0.3 is 4.57 Å². The Morgan fingerprint density at radius 1 is 1.19 bits per heavy atom. The van der Waals surface area contributed by atoms with Gasteiger partial charge in [-0.05, 0) is 49.5 Å². The van der Waals surface area contributed by atoms with Crippen LogP contribution < -0.4 is 0 Å². The van der Waals surface area contributed by atoms with E-state index in [1.807, 2.05) is 23.7 Å². The molecule has 1 saturated heterocycles. The molecule has 0 saturated carbocycles. The van der Waals surface area contributed by atoms with Crippen LogP contribution in [0.1, 0.15) is 24.2 Å². The Hall–Kier alpha value is -1.39. The summed E-state index contributed by atoms with van der Waals surface area (Å²) in [7, 11) is 2.02. The Labute approximate surface area is 130 Å². The lowest BCUT2D eigenvalue weighted by Crippen LogP contribution is -2.34. The molecular formula is C16H21ClN4. The van der Waals surface area contributed by atoms with Gasteiger partial charge in [0.15, 0.2) is 0 Å². The van der Waals surface area contributed by atoms with E-state index in [0.717, 1.165) is 42.8 Å². The smallest absolute Gasteiger partial charge is 0.132 e. The number of likely N-dealkylation sites (tertiary alicyclic amines) is 1. The van der Waals surface area contributed by atoms with Gasteiger partial charge in [0.2, 0.25) is 0 Å². The first kappa shape index (κ1) is 14.5. The fraction of sp³-hybridized carbons (Fsp3) is 0.500. The van der Waals surface area contributed by atoms with Crippen molar-refractivity contribution in [3.8, 4) is 0 Å². The molecule has 0 N–H and O–H groups in total. The minimum Gasteiger partial charge on any atom is -0.321 e. The van der Waals surface area contributed by atoms with Crippen LogP contribution in [0.25, 0.3) is 0 Å². The number of aromatic nitrogens is 3. The summed E-state index contributed by atoms with van der Waals surface area (Å²) in [5.41, 5.74) is 1.34. The molecule has 0 amide bonds. The van der Waals surface area contributed by atoms with Crippen molar-refractivity contribution in [1.29, 1.82) is 0 Å². The summed E-state index contributed by atoms with van der Waals surface area (Å²) in [6.07, 6.45) is 5.30. The quantitative estimate of drug-likeness (QED) is 0.871. The first-order valence-electron chi connectivity index (χ1n) is 7.50. The number of aryl methyl sites for hydroxylation is 1. The predicted molar refractivity (Wildman–Crippen MR) is 84.2 cm³/mol. The van der Waals surface area contributed by atoms with Gasteiger partial charge in [-0.15, -0.1) is 10.2 Å². The Balaban J connectivity index is 1.49. The highest BCUT2D eigenvalue weighted by Crippen LogP contribution is 2.22. The van der Waals surface area contributed by atoms with Gasteiger partial charge >= 0.3 is 0 Å². The van der Waals surface area contributed by atoms with E-state index in [1.54, 1.807) is 6.33 Å². The zero-order chi connectivity index (χ0) is 14.7. The first-order chi connectivity index (χ1) is 10.2. The largest absolute Gasteiger partial charge is 0.321 e. The molecule has 0 spiro atoms. The predicted octanol–water partition coefficient (Wildman–Crippen LogP) is 2.92. The van der Waals surface area contributed by atoms with Crippen molar-refractivity contribution in [2.75, 3.05) is 13.1 Å². The molecule has 1 fully saturated rings. The number of hydrogen-bond acceptors (Lipinski definition) is 3. The topological polar surface area (TPSA) is 34.0 Å². The summed E-state index contributed by atoms with van der Waals surface area (Å²) in [4.78, 5) is 2.52. The fourth-order valence-electron chi connectivity index (χ4n) is 2.95. The molecule has 1 aliphatic heterocycles. The van der Waals surface area contributed by atoms with E-state index in [4.69, 9.17) is 11.6 Å². The van der Waals surface area contributed by atoms with E-state index in [0.29, 0.717) is 0 Å². The van der Waals surface area contributed by atoms with Crippen LogP contribution in [0.15, 0.2) is 30.6 Å².